The van der Waals surface area contributed by atoms with Crippen LogP contribution in [0.2, 0.25) is 0 Å². The van der Waals surface area contributed by atoms with Crippen molar-refractivity contribution in [1.29, 1.82) is 0 Å². The Kier molecular flexibility index (Phi) is 5.73. The van der Waals surface area contributed by atoms with Gasteiger partial charge < -0.3 is 10.1 Å². The van der Waals surface area contributed by atoms with Crippen molar-refractivity contribution in [3.05, 3.63) is 65.2 Å². The van der Waals surface area contributed by atoms with E-state index in [-0.39, 0.29) is 5.91 Å². The molecular formula is C23H28N2O2. The molecule has 1 N–H and O–H groups in total. The Labute approximate surface area is 161 Å². The van der Waals surface area contributed by atoms with Gasteiger partial charge in [-0.3, -0.25) is 9.69 Å². The lowest BCUT2D eigenvalue weighted by Gasteiger charge is -2.16. The van der Waals surface area contributed by atoms with Gasteiger partial charge in [-0.2, -0.15) is 0 Å². The molecule has 0 bridgehead atoms. The van der Waals surface area contributed by atoms with Crippen LogP contribution < -0.4 is 10.1 Å². The van der Waals surface area contributed by atoms with E-state index in [1.807, 2.05) is 30.3 Å². The summed E-state index contributed by atoms with van der Waals surface area (Å²) in [5, 5.41) is 3.11. The fourth-order valence-electron chi connectivity index (χ4n) is 4.04. The van der Waals surface area contributed by atoms with Crippen LogP contribution in [0.4, 0.5) is 0 Å². The molecule has 4 nitrogen and oxygen atoms in total. The molecule has 1 fully saturated rings. The molecule has 0 saturated carbocycles. The van der Waals surface area contributed by atoms with E-state index in [0.717, 1.165) is 30.7 Å². The third-order valence-corrected chi connectivity index (χ3v) is 5.64. The van der Waals surface area contributed by atoms with E-state index in [4.69, 9.17) is 4.74 Å². The highest BCUT2D eigenvalue weighted by molar-refractivity contribution is 5.94. The lowest BCUT2D eigenvalue weighted by molar-refractivity contribution is 0.0945. The van der Waals surface area contributed by atoms with E-state index in [9.17, 15) is 4.79 Å². The summed E-state index contributed by atoms with van der Waals surface area (Å²) in [6.45, 7) is 4.77. The highest BCUT2D eigenvalue weighted by Gasteiger charge is 2.18. The predicted octanol–water partition coefficient (Wildman–Crippen LogP) is 3.65. The summed E-state index contributed by atoms with van der Waals surface area (Å²) in [5.41, 5.74) is 3.26. The minimum absolute atomic E-state index is 0.0150. The molecular weight excluding hydrogens is 336 g/mol. The van der Waals surface area contributed by atoms with Crippen molar-refractivity contribution in [2.75, 3.05) is 26.2 Å². The molecule has 142 valence electrons. The Morgan fingerprint density at radius 3 is 2.67 bits per heavy atom. The third-order valence-electron chi connectivity index (χ3n) is 5.64. The third kappa shape index (κ3) is 4.69. The number of nitrogens with zero attached hydrogens (tertiary/aromatic N) is 1. The van der Waals surface area contributed by atoms with Gasteiger partial charge >= 0.3 is 0 Å². The van der Waals surface area contributed by atoms with Crippen molar-refractivity contribution >= 4 is 5.91 Å². The number of rotatable bonds is 5. The smallest absolute Gasteiger partial charge is 0.251 e. The van der Waals surface area contributed by atoms with Gasteiger partial charge in [0.1, 0.15) is 5.75 Å². The van der Waals surface area contributed by atoms with Crippen molar-refractivity contribution in [3.63, 3.8) is 0 Å². The van der Waals surface area contributed by atoms with Crippen LogP contribution in [0, 0.1) is 5.92 Å². The number of hydrogen-bond acceptors (Lipinski definition) is 3. The maximum atomic E-state index is 12.5. The summed E-state index contributed by atoms with van der Waals surface area (Å²) in [5.74, 6) is 1.41. The molecule has 2 heterocycles. The zero-order valence-electron chi connectivity index (χ0n) is 15.8. The second-order valence-corrected chi connectivity index (χ2v) is 7.71. The quantitative estimate of drug-likeness (QED) is 0.880. The lowest BCUT2D eigenvalue weighted by Crippen LogP contribution is -2.30. The van der Waals surface area contributed by atoms with Crippen LogP contribution in [-0.4, -0.2) is 37.0 Å². The van der Waals surface area contributed by atoms with Crippen molar-refractivity contribution < 1.29 is 9.53 Å². The number of nitrogens with one attached hydrogen (secondary N) is 1. The van der Waals surface area contributed by atoms with Crippen LogP contribution in [0.25, 0.3) is 0 Å². The monoisotopic (exact) mass is 364 g/mol. The summed E-state index contributed by atoms with van der Waals surface area (Å²) < 4.78 is 5.82. The van der Waals surface area contributed by atoms with Gasteiger partial charge in [-0.1, -0.05) is 30.3 Å². The molecule has 2 aliphatic heterocycles. The first-order chi connectivity index (χ1) is 13.3. The van der Waals surface area contributed by atoms with Gasteiger partial charge in [-0.05, 0) is 74.0 Å². The van der Waals surface area contributed by atoms with E-state index in [2.05, 4.69) is 28.4 Å². The molecule has 4 rings (SSSR count). The van der Waals surface area contributed by atoms with E-state index in [0.29, 0.717) is 19.1 Å². The van der Waals surface area contributed by atoms with Gasteiger partial charge in [0, 0.05) is 18.7 Å². The minimum Gasteiger partial charge on any atom is -0.493 e. The first-order valence-corrected chi connectivity index (χ1v) is 10.1. The maximum absolute atomic E-state index is 12.5. The summed E-state index contributed by atoms with van der Waals surface area (Å²) in [4.78, 5) is 15.0. The lowest BCUT2D eigenvalue weighted by atomic mass is 9.97. The van der Waals surface area contributed by atoms with Crippen LogP contribution in [0.5, 0.6) is 5.75 Å². The van der Waals surface area contributed by atoms with Crippen LogP contribution in [0.1, 0.15) is 40.7 Å². The number of hydrogen-bond donors (Lipinski definition) is 1. The Balaban J connectivity index is 1.30. The summed E-state index contributed by atoms with van der Waals surface area (Å²) in [7, 11) is 0. The molecule has 1 saturated heterocycles. The highest BCUT2D eigenvalue weighted by Crippen LogP contribution is 2.26. The summed E-state index contributed by atoms with van der Waals surface area (Å²) >= 11 is 0. The molecule has 1 amide bonds. The minimum atomic E-state index is 0.0150. The van der Waals surface area contributed by atoms with Gasteiger partial charge in [0.05, 0.1) is 6.61 Å². The van der Waals surface area contributed by atoms with Gasteiger partial charge in [0.2, 0.25) is 0 Å². The molecule has 2 aromatic carbocycles. The van der Waals surface area contributed by atoms with E-state index in [1.54, 1.807) is 0 Å². The molecule has 2 aromatic rings. The molecule has 0 unspecified atom stereocenters. The number of fused-ring (bicyclic) bond motifs is 1. The van der Waals surface area contributed by atoms with Crippen molar-refractivity contribution in [1.82, 2.24) is 10.2 Å². The number of benzene rings is 2. The Morgan fingerprint density at radius 2 is 1.85 bits per heavy atom. The van der Waals surface area contributed by atoms with Crippen molar-refractivity contribution in [2.24, 2.45) is 5.92 Å². The van der Waals surface area contributed by atoms with Gasteiger partial charge in [0.15, 0.2) is 0 Å². The SMILES string of the molecule is O=C(NC[C@H]1CCOc2ccccc2C1)c1ccc(CN2CCCC2)cc1. The molecule has 1 atom stereocenters. The zero-order valence-corrected chi connectivity index (χ0v) is 15.8. The number of amides is 1. The van der Waals surface area contributed by atoms with Crippen molar-refractivity contribution in [2.45, 2.75) is 32.2 Å². The second-order valence-electron chi connectivity index (χ2n) is 7.71. The Hall–Kier alpha value is -2.33. The first kappa shape index (κ1) is 18.1. The van der Waals surface area contributed by atoms with E-state index in [1.165, 1.54) is 37.1 Å². The molecule has 27 heavy (non-hydrogen) atoms. The summed E-state index contributed by atoms with van der Waals surface area (Å²) in [6.07, 6.45) is 4.52. The number of carbonyl (C=O) groups is 1. The van der Waals surface area contributed by atoms with Crippen molar-refractivity contribution in [3.8, 4) is 5.75 Å². The largest absolute Gasteiger partial charge is 0.493 e. The van der Waals surface area contributed by atoms with Gasteiger partial charge in [-0.15, -0.1) is 0 Å². The average molecular weight is 364 g/mol. The van der Waals surface area contributed by atoms with Crippen LogP contribution in [0.3, 0.4) is 0 Å². The average Bonchev–Trinajstić information content (AvgIpc) is 3.11. The molecule has 0 aromatic heterocycles. The highest BCUT2D eigenvalue weighted by atomic mass is 16.5. The van der Waals surface area contributed by atoms with Crippen LogP contribution >= 0.6 is 0 Å². The van der Waals surface area contributed by atoms with Gasteiger partial charge in [0.25, 0.3) is 5.91 Å². The number of para-hydroxylation sites is 1. The Bertz CT molecular complexity index is 766. The molecule has 0 aliphatic carbocycles. The number of ether oxygens (including phenoxy) is 1. The van der Waals surface area contributed by atoms with E-state index < -0.39 is 0 Å². The first-order valence-electron chi connectivity index (χ1n) is 10.1. The predicted molar refractivity (Wildman–Crippen MR) is 107 cm³/mol. The molecule has 0 radical (unpaired) electrons. The number of likely N-dealkylation sites (tertiary alicyclic amines) is 1. The topological polar surface area (TPSA) is 41.6 Å². The summed E-state index contributed by atoms with van der Waals surface area (Å²) in [6, 6.07) is 16.3. The van der Waals surface area contributed by atoms with E-state index >= 15 is 0 Å². The van der Waals surface area contributed by atoms with Gasteiger partial charge in [-0.25, -0.2) is 0 Å². The molecule has 0 spiro atoms. The molecule has 2 aliphatic rings. The maximum Gasteiger partial charge on any atom is 0.251 e. The normalized spacial score (nSPS) is 19.8. The second kappa shape index (κ2) is 8.57. The number of carbonyl (C=O) groups excluding carboxylic acids is 1. The van der Waals surface area contributed by atoms with Crippen LogP contribution in [-0.2, 0) is 13.0 Å². The fraction of sp³-hybridized carbons (Fsp3) is 0.435. The standard InChI is InChI=1S/C23H28N2O2/c26-23(20-9-7-18(8-10-20)17-25-12-3-4-13-25)24-16-19-11-14-27-22-6-2-1-5-21(22)15-19/h1-2,5-10,19H,3-4,11-17H2,(H,24,26)/t19-/m0/s1. The fourth-order valence-corrected chi connectivity index (χ4v) is 4.04. The Morgan fingerprint density at radius 1 is 1.07 bits per heavy atom. The zero-order chi connectivity index (χ0) is 18.5. The molecule has 4 heteroatoms. The van der Waals surface area contributed by atoms with Crippen LogP contribution in [0.15, 0.2) is 48.5 Å².